The van der Waals surface area contributed by atoms with Gasteiger partial charge in [-0.05, 0) is 6.42 Å². The van der Waals surface area contributed by atoms with Crippen LogP contribution >= 0.6 is 0 Å². The number of amides is 1. The van der Waals surface area contributed by atoms with E-state index < -0.39 is 23.3 Å². The average Bonchev–Trinajstić information content (AvgIpc) is 2.24. The molecule has 0 aliphatic rings. The van der Waals surface area contributed by atoms with Gasteiger partial charge in [0.25, 0.3) is 0 Å². The van der Waals surface area contributed by atoms with Crippen LogP contribution in [-0.4, -0.2) is 46.8 Å². The Morgan fingerprint density at radius 2 is 2.18 bits per heavy atom. The van der Waals surface area contributed by atoms with Gasteiger partial charge in [-0.3, -0.25) is 14.8 Å². The predicted octanol–water partition coefficient (Wildman–Crippen LogP) is -1.65. The van der Waals surface area contributed by atoms with Gasteiger partial charge in [0.2, 0.25) is 5.91 Å². The lowest BCUT2D eigenvalue weighted by Crippen LogP contribution is -2.33. The molecule has 0 saturated heterocycles. The molecular weight excluding hydrogens is 238 g/mol. The van der Waals surface area contributed by atoms with Crippen molar-refractivity contribution in [1.29, 1.82) is 0 Å². The number of nitrogens with one attached hydrogen (secondary N) is 1. The van der Waals surface area contributed by atoms with E-state index in [1.165, 1.54) is 0 Å². The van der Waals surface area contributed by atoms with Crippen LogP contribution in [0.4, 0.5) is 0 Å². The third-order valence-electron chi connectivity index (χ3n) is 1.62. The Morgan fingerprint density at radius 3 is 2.71 bits per heavy atom. The van der Waals surface area contributed by atoms with Gasteiger partial charge in [0, 0.05) is 13.0 Å². The fourth-order valence-corrected chi connectivity index (χ4v) is 0.813. The van der Waals surface area contributed by atoms with Crippen molar-refractivity contribution in [1.82, 2.24) is 10.7 Å². The van der Waals surface area contributed by atoms with E-state index in [0.717, 1.165) is 0 Å². The number of carbonyl (C=O) groups is 2. The maximum atomic E-state index is 11.1. The first-order chi connectivity index (χ1) is 7.93. The van der Waals surface area contributed by atoms with Gasteiger partial charge in [-0.2, -0.15) is 0 Å². The van der Waals surface area contributed by atoms with Crippen LogP contribution in [0.2, 0.25) is 0 Å². The summed E-state index contributed by atoms with van der Waals surface area (Å²) in [6.45, 7) is -0.120. The topological polar surface area (TPSA) is 157 Å². The van der Waals surface area contributed by atoms with Crippen molar-refractivity contribution in [3.63, 3.8) is 0 Å². The molecule has 0 rings (SSSR count). The standard InChI is InChI=1S/C7H14N3O7/c8-5(7(12)13)1-2-6(11)9-3-4-16-17-10(14)15/h5,14H,1-4,8H2,(H,9,11)(H,12,13)/q-1/t5-/m0/s1. The van der Waals surface area contributed by atoms with Gasteiger partial charge in [-0.25, -0.2) is 4.89 Å². The van der Waals surface area contributed by atoms with Gasteiger partial charge in [0.15, 0.2) is 0 Å². The van der Waals surface area contributed by atoms with Gasteiger partial charge < -0.3 is 21.4 Å². The first kappa shape index (κ1) is 15.7. The van der Waals surface area contributed by atoms with Gasteiger partial charge in [0.1, 0.15) is 12.6 Å². The molecule has 5 N–H and O–H groups in total. The second-order valence-electron chi connectivity index (χ2n) is 2.97. The molecule has 17 heavy (non-hydrogen) atoms. The Labute approximate surface area is 96.3 Å². The summed E-state index contributed by atoms with van der Waals surface area (Å²) in [5, 5.41) is 27.6. The van der Waals surface area contributed by atoms with Crippen molar-refractivity contribution in [2.75, 3.05) is 13.2 Å². The third kappa shape index (κ3) is 9.62. The number of hydrogen-bond acceptors (Lipinski definition) is 8. The van der Waals surface area contributed by atoms with Crippen LogP contribution in [0.15, 0.2) is 0 Å². The highest BCUT2D eigenvalue weighted by Crippen LogP contribution is 1.94. The zero-order chi connectivity index (χ0) is 13.3. The number of carboxylic acids is 1. The highest BCUT2D eigenvalue weighted by molar-refractivity contribution is 5.78. The third-order valence-corrected chi connectivity index (χ3v) is 1.62. The van der Waals surface area contributed by atoms with Crippen molar-refractivity contribution in [3.05, 3.63) is 5.21 Å². The Kier molecular flexibility index (Phi) is 8.13. The summed E-state index contributed by atoms with van der Waals surface area (Å²) in [4.78, 5) is 29.2. The highest BCUT2D eigenvalue weighted by atomic mass is 17.4. The summed E-state index contributed by atoms with van der Waals surface area (Å²) in [5.41, 5.74) is 5.18. The Hall–Kier alpha value is -1.30. The molecule has 0 aromatic carbocycles. The minimum Gasteiger partial charge on any atom is -0.736 e. The molecule has 0 heterocycles. The van der Waals surface area contributed by atoms with E-state index >= 15 is 0 Å². The smallest absolute Gasteiger partial charge is 0.320 e. The average molecular weight is 252 g/mol. The van der Waals surface area contributed by atoms with Crippen molar-refractivity contribution < 1.29 is 29.8 Å². The van der Waals surface area contributed by atoms with E-state index in [-0.39, 0.29) is 26.0 Å². The number of nitrogens with zero attached hydrogens (tertiary/aromatic N) is 1. The summed E-state index contributed by atoms with van der Waals surface area (Å²) in [6.07, 6.45) is -0.0223. The quantitative estimate of drug-likeness (QED) is 0.214. The first-order valence-electron chi connectivity index (χ1n) is 4.64. The van der Waals surface area contributed by atoms with Crippen LogP contribution in [0, 0.1) is 5.21 Å². The molecule has 100 valence electrons. The van der Waals surface area contributed by atoms with Crippen molar-refractivity contribution in [3.8, 4) is 0 Å². The fraction of sp³-hybridized carbons (Fsp3) is 0.714. The molecule has 0 radical (unpaired) electrons. The van der Waals surface area contributed by atoms with Crippen LogP contribution < -0.4 is 11.1 Å². The zero-order valence-corrected chi connectivity index (χ0v) is 8.87. The van der Waals surface area contributed by atoms with Crippen molar-refractivity contribution in [2.24, 2.45) is 5.73 Å². The Bertz CT molecular complexity index is 248. The SMILES string of the molecule is N[C@@H](CCC(=O)NCCOON([O-])O)C(=O)O. The number of carbonyl (C=O) groups excluding carboxylic acids is 1. The number of hydrogen-bond donors (Lipinski definition) is 4. The molecule has 0 fully saturated rings. The van der Waals surface area contributed by atoms with Gasteiger partial charge >= 0.3 is 5.97 Å². The summed E-state index contributed by atoms with van der Waals surface area (Å²) < 4.78 is 0. The molecule has 1 atom stereocenters. The lowest BCUT2D eigenvalue weighted by atomic mass is 10.1. The molecule has 10 nitrogen and oxygen atoms in total. The first-order valence-corrected chi connectivity index (χ1v) is 4.64. The normalized spacial score (nSPS) is 12.5. The van der Waals surface area contributed by atoms with Crippen LogP contribution in [-0.2, 0) is 19.5 Å². The summed E-state index contributed by atoms with van der Waals surface area (Å²) in [6, 6.07) is -1.08. The highest BCUT2D eigenvalue weighted by Gasteiger charge is 2.12. The molecule has 0 aliphatic heterocycles. The molecule has 0 aliphatic carbocycles. The minimum absolute atomic E-state index is 0.0174. The van der Waals surface area contributed by atoms with E-state index in [4.69, 9.17) is 16.0 Å². The Balaban J connectivity index is 3.44. The Morgan fingerprint density at radius 1 is 1.53 bits per heavy atom. The molecule has 0 unspecified atom stereocenters. The number of nitrogens with two attached hydrogens (primary N) is 1. The lowest BCUT2D eigenvalue weighted by molar-refractivity contribution is -0.490. The summed E-state index contributed by atoms with van der Waals surface area (Å²) in [5.74, 6) is -1.58. The van der Waals surface area contributed by atoms with E-state index in [9.17, 15) is 14.8 Å². The lowest BCUT2D eigenvalue weighted by Gasteiger charge is -2.15. The van der Waals surface area contributed by atoms with Crippen LogP contribution in [0.3, 0.4) is 0 Å². The molecule has 0 aromatic rings. The second kappa shape index (κ2) is 8.81. The van der Waals surface area contributed by atoms with Gasteiger partial charge in [-0.15, -0.1) is 10.4 Å². The van der Waals surface area contributed by atoms with Gasteiger partial charge in [0.05, 0.1) is 0 Å². The zero-order valence-electron chi connectivity index (χ0n) is 8.87. The maximum Gasteiger partial charge on any atom is 0.320 e. The number of carboxylic acid groups (broad SMARTS) is 1. The summed E-state index contributed by atoms with van der Waals surface area (Å²) in [7, 11) is 0. The second-order valence-corrected chi connectivity index (χ2v) is 2.97. The molecule has 0 bridgehead atoms. The van der Waals surface area contributed by atoms with Crippen molar-refractivity contribution >= 4 is 11.9 Å². The largest absolute Gasteiger partial charge is 0.736 e. The van der Waals surface area contributed by atoms with E-state index in [0.29, 0.717) is 0 Å². The van der Waals surface area contributed by atoms with Crippen LogP contribution in [0.25, 0.3) is 0 Å². The van der Waals surface area contributed by atoms with Crippen molar-refractivity contribution in [2.45, 2.75) is 18.9 Å². The van der Waals surface area contributed by atoms with Gasteiger partial charge in [-0.1, -0.05) is 0 Å². The predicted molar refractivity (Wildman–Crippen MR) is 51.9 cm³/mol. The maximum absolute atomic E-state index is 11.1. The van der Waals surface area contributed by atoms with Crippen LogP contribution in [0.5, 0.6) is 0 Å². The molecule has 0 saturated carbocycles. The summed E-state index contributed by atoms with van der Waals surface area (Å²) >= 11 is 0. The minimum atomic E-state index is -1.17. The van der Waals surface area contributed by atoms with E-state index in [1.54, 1.807) is 0 Å². The van der Waals surface area contributed by atoms with E-state index in [2.05, 4.69) is 15.2 Å². The van der Waals surface area contributed by atoms with Crippen LogP contribution in [0.1, 0.15) is 12.8 Å². The molecule has 1 amide bonds. The monoisotopic (exact) mass is 252 g/mol. The molecular formula is C7H14N3O7-. The molecule has 10 heteroatoms. The fourth-order valence-electron chi connectivity index (χ4n) is 0.813. The molecule has 0 aromatic heterocycles. The molecule has 0 spiro atoms. The number of aliphatic carboxylic acids is 1. The number of rotatable bonds is 9. The van der Waals surface area contributed by atoms with E-state index in [1.807, 2.05) is 0 Å².